The van der Waals surface area contributed by atoms with E-state index in [1.54, 1.807) is 18.6 Å². The lowest BCUT2D eigenvalue weighted by atomic mass is 10.5. The van der Waals surface area contributed by atoms with Crippen LogP contribution < -0.4 is 4.57 Å². The second-order valence-electron chi connectivity index (χ2n) is 3.16. The minimum Gasteiger partial charge on any atom is -0.301 e. The number of aryl methyl sites for hydroxylation is 1. The van der Waals surface area contributed by atoms with E-state index < -0.39 is 0 Å². The lowest BCUT2D eigenvalue weighted by Gasteiger charge is -1.99. The molecule has 0 atom stereocenters. The summed E-state index contributed by atoms with van der Waals surface area (Å²) in [6, 6.07) is 0. The molecule has 76 valence electrons. The van der Waals surface area contributed by atoms with Gasteiger partial charge in [-0.05, 0) is 0 Å². The Morgan fingerprint density at radius 1 is 1.27 bits per heavy atom. The molecule has 15 heavy (non-hydrogen) atoms. The minimum atomic E-state index is 0.845. The Labute approximate surface area is 88.4 Å². The van der Waals surface area contributed by atoms with Crippen molar-refractivity contribution >= 4 is 12.4 Å². The summed E-state index contributed by atoms with van der Waals surface area (Å²) >= 11 is 0. The molecule has 0 radical (unpaired) electrons. The molecule has 4 nitrogen and oxygen atoms in total. The number of nitrogens with zero attached hydrogens (tertiary/aromatic N) is 4. The quantitative estimate of drug-likeness (QED) is 0.689. The molecule has 0 aliphatic rings. The molecule has 0 unspecified atom stereocenters. The van der Waals surface area contributed by atoms with Crippen LogP contribution in [0.1, 0.15) is 0 Å². The minimum absolute atomic E-state index is 0.845. The molecule has 0 saturated heterocycles. The van der Waals surface area contributed by atoms with Crippen molar-refractivity contribution in [3.05, 3.63) is 37.9 Å². The largest absolute Gasteiger partial charge is 0.330 e. The molecule has 4 heteroatoms. The van der Waals surface area contributed by atoms with Crippen LogP contribution in [0.2, 0.25) is 0 Å². The SMILES string of the molecule is C=Cn1ccnc1-c1n(C=C)cc[n+]1C. The van der Waals surface area contributed by atoms with Crippen molar-refractivity contribution in [3.8, 4) is 11.6 Å². The van der Waals surface area contributed by atoms with E-state index >= 15 is 0 Å². The van der Waals surface area contributed by atoms with E-state index in [1.165, 1.54) is 0 Å². The molecule has 2 heterocycles. The molecule has 0 fully saturated rings. The summed E-state index contributed by atoms with van der Waals surface area (Å²) in [5.74, 6) is 1.81. The van der Waals surface area contributed by atoms with Crippen molar-refractivity contribution in [2.75, 3.05) is 0 Å². The molecule has 0 amide bonds. The molecule has 2 aromatic heterocycles. The maximum absolute atomic E-state index is 4.30. The van der Waals surface area contributed by atoms with E-state index in [4.69, 9.17) is 0 Å². The first-order valence-corrected chi connectivity index (χ1v) is 4.62. The first kappa shape index (κ1) is 9.45. The molecule has 0 aliphatic carbocycles. The van der Waals surface area contributed by atoms with Crippen molar-refractivity contribution in [1.82, 2.24) is 14.1 Å². The number of imidazole rings is 2. The van der Waals surface area contributed by atoms with Crippen molar-refractivity contribution in [1.29, 1.82) is 0 Å². The van der Waals surface area contributed by atoms with Crippen LogP contribution in [0.3, 0.4) is 0 Å². The van der Waals surface area contributed by atoms with Crippen molar-refractivity contribution in [3.63, 3.8) is 0 Å². The first-order chi connectivity index (χ1) is 7.27. The number of hydrogen-bond donors (Lipinski definition) is 0. The highest BCUT2D eigenvalue weighted by Crippen LogP contribution is 2.13. The monoisotopic (exact) mass is 201 g/mol. The molecule has 0 aromatic carbocycles. The van der Waals surface area contributed by atoms with E-state index in [2.05, 4.69) is 18.1 Å². The fourth-order valence-electron chi connectivity index (χ4n) is 1.55. The van der Waals surface area contributed by atoms with Crippen molar-refractivity contribution in [2.24, 2.45) is 7.05 Å². The van der Waals surface area contributed by atoms with Crippen LogP contribution in [0, 0.1) is 0 Å². The van der Waals surface area contributed by atoms with Gasteiger partial charge in [0.1, 0.15) is 12.4 Å². The molecule has 2 rings (SSSR count). The lowest BCUT2D eigenvalue weighted by Crippen LogP contribution is -2.29. The van der Waals surface area contributed by atoms with E-state index in [9.17, 15) is 0 Å². The Kier molecular flexibility index (Phi) is 2.25. The van der Waals surface area contributed by atoms with E-state index in [0.717, 1.165) is 11.6 Å². The summed E-state index contributed by atoms with van der Waals surface area (Å²) in [5.41, 5.74) is 0. The molecular formula is C11H13N4+. The van der Waals surface area contributed by atoms with Crippen LogP contribution in [-0.2, 0) is 7.05 Å². The van der Waals surface area contributed by atoms with E-state index in [0.29, 0.717) is 0 Å². The van der Waals surface area contributed by atoms with Crippen molar-refractivity contribution in [2.45, 2.75) is 0 Å². The van der Waals surface area contributed by atoms with Gasteiger partial charge in [-0.3, -0.25) is 0 Å². The van der Waals surface area contributed by atoms with Gasteiger partial charge in [0, 0.05) is 18.6 Å². The summed E-state index contributed by atoms with van der Waals surface area (Å²) < 4.78 is 5.78. The molecule has 0 saturated carbocycles. The summed E-state index contributed by atoms with van der Waals surface area (Å²) in [4.78, 5) is 4.30. The molecule has 0 spiro atoms. The average Bonchev–Trinajstić information content (AvgIpc) is 2.82. The molecule has 0 N–H and O–H groups in total. The molecule has 0 bridgehead atoms. The standard InChI is InChI=1S/C11H13N4/c1-4-14-7-6-12-10(14)11-13(3)8-9-15(11)5-2/h4-9H,1-2H2,3H3/q+1. The second kappa shape index (κ2) is 3.57. The van der Waals surface area contributed by atoms with Gasteiger partial charge < -0.3 is 4.57 Å². The molecule has 2 aromatic rings. The average molecular weight is 201 g/mol. The van der Waals surface area contributed by atoms with Gasteiger partial charge >= 0.3 is 5.82 Å². The smallest absolute Gasteiger partial charge is 0.301 e. The topological polar surface area (TPSA) is 26.6 Å². The first-order valence-electron chi connectivity index (χ1n) is 4.62. The van der Waals surface area contributed by atoms with Crippen molar-refractivity contribution < 1.29 is 4.57 Å². The normalized spacial score (nSPS) is 10.2. The Bertz CT molecular complexity index is 504. The van der Waals surface area contributed by atoms with E-state index in [1.807, 2.05) is 39.3 Å². The number of rotatable bonds is 3. The summed E-state index contributed by atoms with van der Waals surface area (Å²) in [7, 11) is 1.97. The Balaban J connectivity index is 2.67. The maximum atomic E-state index is 4.30. The Hall–Kier alpha value is -2.10. The number of aromatic nitrogens is 4. The third-order valence-electron chi connectivity index (χ3n) is 2.29. The van der Waals surface area contributed by atoms with Gasteiger partial charge in [0.15, 0.2) is 0 Å². The zero-order valence-electron chi connectivity index (χ0n) is 8.67. The third-order valence-corrected chi connectivity index (χ3v) is 2.29. The summed E-state index contributed by atoms with van der Waals surface area (Å²) in [5, 5.41) is 0. The van der Waals surface area contributed by atoms with Crippen LogP contribution >= 0.6 is 0 Å². The second-order valence-corrected chi connectivity index (χ2v) is 3.16. The zero-order chi connectivity index (χ0) is 10.8. The van der Waals surface area contributed by atoms with Gasteiger partial charge in [-0.25, -0.2) is 14.1 Å². The van der Waals surface area contributed by atoms with Crippen LogP contribution in [0.4, 0.5) is 0 Å². The summed E-state index contributed by atoms with van der Waals surface area (Å²) in [6.07, 6.45) is 11.0. The van der Waals surface area contributed by atoms with Gasteiger partial charge in [0.05, 0.1) is 13.2 Å². The lowest BCUT2D eigenvalue weighted by molar-refractivity contribution is -0.659. The van der Waals surface area contributed by atoms with Crippen LogP contribution in [0.15, 0.2) is 37.9 Å². The third kappa shape index (κ3) is 1.40. The summed E-state index contributed by atoms with van der Waals surface area (Å²) in [6.45, 7) is 7.49. The fourth-order valence-corrected chi connectivity index (χ4v) is 1.55. The highest BCUT2D eigenvalue weighted by Gasteiger charge is 2.19. The Morgan fingerprint density at radius 2 is 2.00 bits per heavy atom. The Morgan fingerprint density at radius 3 is 2.67 bits per heavy atom. The molecule has 0 aliphatic heterocycles. The highest BCUT2D eigenvalue weighted by atomic mass is 15.2. The predicted molar refractivity (Wildman–Crippen MR) is 59.6 cm³/mol. The van der Waals surface area contributed by atoms with Gasteiger partial charge in [0.2, 0.25) is 5.82 Å². The predicted octanol–water partition coefficient (Wildman–Crippen LogP) is 1.38. The van der Waals surface area contributed by atoms with Crippen LogP contribution in [-0.4, -0.2) is 14.1 Å². The van der Waals surface area contributed by atoms with Gasteiger partial charge in [-0.2, -0.15) is 0 Å². The number of hydrogen-bond acceptors (Lipinski definition) is 1. The highest BCUT2D eigenvalue weighted by molar-refractivity contribution is 5.49. The fraction of sp³-hybridized carbons (Fsp3) is 0.0909. The van der Waals surface area contributed by atoms with Gasteiger partial charge in [-0.1, -0.05) is 13.2 Å². The van der Waals surface area contributed by atoms with Gasteiger partial charge in [0.25, 0.3) is 0 Å². The molecular weight excluding hydrogens is 188 g/mol. The van der Waals surface area contributed by atoms with Crippen LogP contribution in [0.5, 0.6) is 0 Å². The maximum Gasteiger partial charge on any atom is 0.330 e. The van der Waals surface area contributed by atoms with Crippen LogP contribution in [0.25, 0.3) is 24.0 Å². The van der Waals surface area contributed by atoms with E-state index in [-0.39, 0.29) is 0 Å². The van der Waals surface area contributed by atoms with Gasteiger partial charge in [-0.15, -0.1) is 0 Å². The zero-order valence-corrected chi connectivity index (χ0v) is 8.67.